The Bertz CT molecular complexity index is 762. The SMILES string of the molecule is CCNC(=NCc1nc(C(C)OCC)no1)NCCc1ccc(C(C)(C)C)cc1. The number of aliphatic imine (C=N–C) groups is 1. The molecular weight excluding hydrogens is 366 g/mol. The molecule has 0 radical (unpaired) electrons. The molecule has 0 aliphatic rings. The minimum Gasteiger partial charge on any atom is -0.371 e. The van der Waals surface area contributed by atoms with Gasteiger partial charge in [0.15, 0.2) is 11.8 Å². The number of benzene rings is 1. The monoisotopic (exact) mass is 401 g/mol. The van der Waals surface area contributed by atoms with Gasteiger partial charge >= 0.3 is 0 Å². The highest BCUT2D eigenvalue weighted by Crippen LogP contribution is 2.22. The number of hydrogen-bond donors (Lipinski definition) is 2. The number of ether oxygens (including phenoxy) is 1. The van der Waals surface area contributed by atoms with Crippen LogP contribution in [0.2, 0.25) is 0 Å². The summed E-state index contributed by atoms with van der Waals surface area (Å²) in [6, 6.07) is 8.83. The van der Waals surface area contributed by atoms with Gasteiger partial charge in [-0.05, 0) is 43.7 Å². The van der Waals surface area contributed by atoms with E-state index in [1.165, 1.54) is 11.1 Å². The molecule has 2 N–H and O–H groups in total. The molecule has 160 valence electrons. The van der Waals surface area contributed by atoms with Crippen LogP contribution < -0.4 is 10.6 Å². The lowest BCUT2D eigenvalue weighted by molar-refractivity contribution is 0.0683. The first-order valence-corrected chi connectivity index (χ1v) is 10.4. The van der Waals surface area contributed by atoms with E-state index in [0.29, 0.717) is 24.9 Å². The van der Waals surface area contributed by atoms with Gasteiger partial charge in [-0.3, -0.25) is 0 Å². The lowest BCUT2D eigenvalue weighted by atomic mass is 9.86. The fourth-order valence-electron chi connectivity index (χ4n) is 2.81. The molecule has 1 aromatic carbocycles. The molecule has 1 aromatic heterocycles. The number of rotatable bonds is 9. The van der Waals surface area contributed by atoms with Gasteiger partial charge in [0.05, 0.1) is 0 Å². The topological polar surface area (TPSA) is 84.6 Å². The summed E-state index contributed by atoms with van der Waals surface area (Å²) in [5.74, 6) is 1.76. The van der Waals surface area contributed by atoms with E-state index in [4.69, 9.17) is 9.26 Å². The maximum absolute atomic E-state index is 5.48. The Balaban J connectivity index is 1.87. The van der Waals surface area contributed by atoms with Gasteiger partial charge in [-0.15, -0.1) is 0 Å². The third-order valence-electron chi connectivity index (χ3n) is 4.51. The molecule has 7 heteroatoms. The van der Waals surface area contributed by atoms with Crippen molar-refractivity contribution in [1.29, 1.82) is 0 Å². The van der Waals surface area contributed by atoms with E-state index in [0.717, 1.165) is 25.5 Å². The van der Waals surface area contributed by atoms with Crippen LogP contribution in [0.4, 0.5) is 0 Å². The summed E-state index contributed by atoms with van der Waals surface area (Å²) in [5.41, 5.74) is 2.82. The van der Waals surface area contributed by atoms with Crippen LogP contribution in [0.15, 0.2) is 33.8 Å². The van der Waals surface area contributed by atoms with E-state index in [1.807, 2.05) is 20.8 Å². The minimum absolute atomic E-state index is 0.177. The van der Waals surface area contributed by atoms with Crippen LogP contribution in [0.3, 0.4) is 0 Å². The molecule has 0 saturated heterocycles. The molecule has 0 saturated carbocycles. The first-order valence-electron chi connectivity index (χ1n) is 10.4. The van der Waals surface area contributed by atoms with Crippen molar-refractivity contribution in [2.24, 2.45) is 4.99 Å². The zero-order valence-corrected chi connectivity index (χ0v) is 18.6. The van der Waals surface area contributed by atoms with Crippen molar-refractivity contribution in [3.05, 3.63) is 47.1 Å². The smallest absolute Gasteiger partial charge is 0.248 e. The predicted molar refractivity (Wildman–Crippen MR) is 116 cm³/mol. The van der Waals surface area contributed by atoms with E-state index in [-0.39, 0.29) is 11.5 Å². The molecule has 7 nitrogen and oxygen atoms in total. The van der Waals surface area contributed by atoms with E-state index in [9.17, 15) is 0 Å². The summed E-state index contributed by atoms with van der Waals surface area (Å²) >= 11 is 0. The third-order valence-corrected chi connectivity index (χ3v) is 4.51. The molecule has 0 aliphatic heterocycles. The summed E-state index contributed by atoms with van der Waals surface area (Å²) < 4.78 is 10.8. The molecule has 0 spiro atoms. The van der Waals surface area contributed by atoms with Crippen LogP contribution in [0.5, 0.6) is 0 Å². The van der Waals surface area contributed by atoms with Gasteiger partial charge < -0.3 is 19.9 Å². The number of nitrogens with one attached hydrogen (secondary N) is 2. The number of hydrogen-bond acceptors (Lipinski definition) is 5. The quantitative estimate of drug-likeness (QED) is 0.492. The Labute approximate surface area is 174 Å². The minimum atomic E-state index is -0.183. The predicted octanol–water partition coefficient (Wildman–Crippen LogP) is 3.76. The normalized spacial score (nSPS) is 13.4. The lowest BCUT2D eigenvalue weighted by Gasteiger charge is -2.19. The summed E-state index contributed by atoms with van der Waals surface area (Å²) in [4.78, 5) is 8.89. The van der Waals surface area contributed by atoms with Crippen LogP contribution in [0.25, 0.3) is 0 Å². The molecule has 0 fully saturated rings. The largest absolute Gasteiger partial charge is 0.371 e. The standard InChI is InChI=1S/C22H35N5O2/c1-7-23-21(25-15-19-26-20(27-29-19)16(3)28-8-2)24-14-13-17-9-11-18(12-10-17)22(4,5)6/h9-12,16H,7-8,13-15H2,1-6H3,(H2,23,24,25). The number of aromatic nitrogens is 2. The maximum atomic E-state index is 5.48. The molecule has 0 amide bonds. The maximum Gasteiger partial charge on any atom is 0.248 e. The Morgan fingerprint density at radius 1 is 1.17 bits per heavy atom. The summed E-state index contributed by atoms with van der Waals surface area (Å²) in [6.07, 6.45) is 0.739. The van der Waals surface area contributed by atoms with Crippen molar-refractivity contribution in [3.63, 3.8) is 0 Å². The van der Waals surface area contributed by atoms with Crippen LogP contribution >= 0.6 is 0 Å². The summed E-state index contributed by atoms with van der Waals surface area (Å²) in [6.45, 7) is 15.1. The van der Waals surface area contributed by atoms with E-state index in [2.05, 4.69) is 70.8 Å². The van der Waals surface area contributed by atoms with Gasteiger partial charge in [-0.2, -0.15) is 4.98 Å². The second-order valence-corrected chi connectivity index (χ2v) is 7.96. The van der Waals surface area contributed by atoms with Crippen molar-refractivity contribution in [2.45, 2.75) is 66.0 Å². The molecule has 1 unspecified atom stereocenters. The number of guanidine groups is 1. The van der Waals surface area contributed by atoms with E-state index in [1.54, 1.807) is 0 Å². The average Bonchev–Trinajstić information content (AvgIpc) is 3.15. The van der Waals surface area contributed by atoms with Gasteiger partial charge in [0, 0.05) is 19.7 Å². The fraction of sp³-hybridized carbons (Fsp3) is 0.591. The van der Waals surface area contributed by atoms with Gasteiger partial charge in [0.2, 0.25) is 5.89 Å². The Morgan fingerprint density at radius 2 is 1.90 bits per heavy atom. The summed E-state index contributed by atoms with van der Waals surface area (Å²) in [7, 11) is 0. The van der Waals surface area contributed by atoms with Crippen molar-refractivity contribution in [2.75, 3.05) is 19.7 Å². The molecule has 1 heterocycles. The molecular formula is C22H35N5O2. The number of nitrogens with zero attached hydrogens (tertiary/aromatic N) is 3. The highest BCUT2D eigenvalue weighted by atomic mass is 16.5. The molecule has 1 atom stereocenters. The van der Waals surface area contributed by atoms with Crippen LogP contribution in [-0.2, 0) is 23.1 Å². The first kappa shape index (κ1) is 22.9. The van der Waals surface area contributed by atoms with Crippen LogP contribution in [-0.4, -0.2) is 35.8 Å². The lowest BCUT2D eigenvalue weighted by Crippen LogP contribution is -2.38. The average molecular weight is 402 g/mol. The molecule has 2 aromatic rings. The van der Waals surface area contributed by atoms with Crippen molar-refractivity contribution in [1.82, 2.24) is 20.8 Å². The Morgan fingerprint density at radius 3 is 2.52 bits per heavy atom. The van der Waals surface area contributed by atoms with Gasteiger partial charge in [0.25, 0.3) is 0 Å². The molecule has 0 bridgehead atoms. The molecule has 2 rings (SSSR count). The third kappa shape index (κ3) is 7.49. The van der Waals surface area contributed by atoms with Crippen molar-refractivity contribution in [3.8, 4) is 0 Å². The van der Waals surface area contributed by atoms with Gasteiger partial charge in [0.1, 0.15) is 12.6 Å². The second kappa shape index (κ2) is 11.0. The van der Waals surface area contributed by atoms with Crippen molar-refractivity contribution < 1.29 is 9.26 Å². The second-order valence-electron chi connectivity index (χ2n) is 7.96. The Hall–Kier alpha value is -2.41. The van der Waals surface area contributed by atoms with E-state index < -0.39 is 0 Å². The van der Waals surface area contributed by atoms with Crippen LogP contribution in [0, 0.1) is 0 Å². The molecule has 29 heavy (non-hydrogen) atoms. The zero-order valence-electron chi connectivity index (χ0n) is 18.6. The van der Waals surface area contributed by atoms with Gasteiger partial charge in [-0.1, -0.05) is 50.2 Å². The van der Waals surface area contributed by atoms with E-state index >= 15 is 0 Å². The fourth-order valence-corrected chi connectivity index (χ4v) is 2.81. The zero-order chi connectivity index (χ0) is 21.3. The van der Waals surface area contributed by atoms with Gasteiger partial charge in [-0.25, -0.2) is 4.99 Å². The molecule has 0 aliphatic carbocycles. The van der Waals surface area contributed by atoms with Crippen LogP contribution in [0.1, 0.15) is 70.5 Å². The summed E-state index contributed by atoms with van der Waals surface area (Å²) in [5, 5.41) is 10.6. The highest BCUT2D eigenvalue weighted by molar-refractivity contribution is 5.79. The highest BCUT2D eigenvalue weighted by Gasteiger charge is 2.14. The Kier molecular flexibility index (Phi) is 8.64. The van der Waals surface area contributed by atoms with Crippen molar-refractivity contribution >= 4 is 5.96 Å². The first-order chi connectivity index (χ1) is 13.8.